The third-order valence-corrected chi connectivity index (χ3v) is 2.03. The third kappa shape index (κ3) is 2.69. The Morgan fingerprint density at radius 3 is 2.56 bits per heavy atom. The molecule has 2 N–H and O–H groups in total. The van der Waals surface area contributed by atoms with Crippen molar-refractivity contribution in [3.05, 3.63) is 0 Å². The van der Waals surface area contributed by atoms with Crippen molar-refractivity contribution in [3.63, 3.8) is 0 Å². The van der Waals surface area contributed by atoms with E-state index in [-0.39, 0.29) is 6.54 Å². The summed E-state index contributed by atoms with van der Waals surface area (Å²) in [6.07, 6.45) is 0. The molecule has 88 valence electrons. The van der Waals surface area contributed by atoms with Gasteiger partial charge in [-0.25, -0.2) is 4.79 Å². The molecule has 0 atom stereocenters. The highest BCUT2D eigenvalue weighted by Crippen LogP contribution is 1.99. The Hall–Kier alpha value is -2.12. The van der Waals surface area contributed by atoms with Gasteiger partial charge in [0.2, 0.25) is 5.91 Å². The van der Waals surface area contributed by atoms with Crippen molar-refractivity contribution < 1.29 is 24.3 Å². The number of carboxylic acids is 1. The first-order chi connectivity index (χ1) is 7.41. The second kappa shape index (κ2) is 4.60. The van der Waals surface area contributed by atoms with Crippen molar-refractivity contribution in [2.45, 2.75) is 0 Å². The zero-order valence-corrected chi connectivity index (χ0v) is 8.60. The predicted octanol–water partition coefficient (Wildman–Crippen LogP) is -1.92. The van der Waals surface area contributed by atoms with Crippen LogP contribution in [0.15, 0.2) is 0 Å². The number of carbonyl (C=O) groups excluding carboxylic acids is 3. The Labute approximate surface area is 90.8 Å². The number of hydrogen-bond donors (Lipinski definition) is 2. The molecule has 1 aliphatic rings. The summed E-state index contributed by atoms with van der Waals surface area (Å²) in [5.74, 6) is -2.26. The third-order valence-electron chi connectivity index (χ3n) is 2.03. The smallest absolute Gasteiger partial charge is 0.325 e. The highest BCUT2D eigenvalue weighted by atomic mass is 16.4. The molecule has 1 fully saturated rings. The number of nitrogens with one attached hydrogen (secondary N) is 1. The minimum absolute atomic E-state index is 0.130. The second-order valence-corrected chi connectivity index (χ2v) is 3.28. The zero-order valence-electron chi connectivity index (χ0n) is 8.60. The first-order valence-electron chi connectivity index (χ1n) is 4.45. The second-order valence-electron chi connectivity index (χ2n) is 3.28. The summed E-state index contributed by atoms with van der Waals surface area (Å²) < 4.78 is 0. The molecule has 1 saturated heterocycles. The van der Waals surface area contributed by atoms with Gasteiger partial charge in [0.15, 0.2) is 0 Å². The lowest BCUT2D eigenvalue weighted by atomic mass is 10.4. The molecule has 0 aliphatic carbocycles. The Morgan fingerprint density at radius 1 is 1.50 bits per heavy atom. The van der Waals surface area contributed by atoms with E-state index in [4.69, 9.17) is 5.11 Å². The lowest BCUT2D eigenvalue weighted by Crippen LogP contribution is -2.43. The topological polar surface area (TPSA) is 107 Å². The zero-order chi connectivity index (χ0) is 12.3. The van der Waals surface area contributed by atoms with Gasteiger partial charge in [0, 0.05) is 7.05 Å². The summed E-state index contributed by atoms with van der Waals surface area (Å²) in [5.41, 5.74) is 0. The van der Waals surface area contributed by atoms with Gasteiger partial charge < -0.3 is 15.3 Å². The van der Waals surface area contributed by atoms with Crippen LogP contribution in [0.3, 0.4) is 0 Å². The van der Waals surface area contributed by atoms with Crippen molar-refractivity contribution in [3.8, 4) is 0 Å². The maximum absolute atomic E-state index is 11.4. The molecule has 16 heavy (non-hydrogen) atoms. The van der Waals surface area contributed by atoms with E-state index in [2.05, 4.69) is 5.32 Å². The van der Waals surface area contributed by atoms with Gasteiger partial charge in [-0.1, -0.05) is 0 Å². The van der Waals surface area contributed by atoms with Gasteiger partial charge in [0.1, 0.15) is 13.1 Å². The van der Waals surface area contributed by atoms with Crippen LogP contribution in [0.1, 0.15) is 0 Å². The maximum atomic E-state index is 11.4. The van der Waals surface area contributed by atoms with Crippen molar-refractivity contribution in [1.29, 1.82) is 0 Å². The van der Waals surface area contributed by atoms with Crippen molar-refractivity contribution >= 4 is 23.8 Å². The number of aliphatic carboxylic acids is 1. The normalized spacial score (nSPS) is 14.9. The van der Waals surface area contributed by atoms with Crippen molar-refractivity contribution in [2.24, 2.45) is 0 Å². The van der Waals surface area contributed by atoms with Crippen LogP contribution < -0.4 is 5.32 Å². The summed E-state index contributed by atoms with van der Waals surface area (Å²) in [6, 6.07) is -0.637. The van der Waals surface area contributed by atoms with Gasteiger partial charge >= 0.3 is 12.0 Å². The molecule has 0 aromatic rings. The van der Waals surface area contributed by atoms with Gasteiger partial charge in [0.25, 0.3) is 5.91 Å². The molecule has 0 spiro atoms. The Bertz CT molecular complexity index is 338. The van der Waals surface area contributed by atoms with E-state index in [0.717, 1.165) is 9.80 Å². The number of imide groups is 1. The maximum Gasteiger partial charge on any atom is 0.325 e. The van der Waals surface area contributed by atoms with Gasteiger partial charge in [-0.3, -0.25) is 19.3 Å². The Morgan fingerprint density at radius 2 is 2.12 bits per heavy atom. The monoisotopic (exact) mass is 229 g/mol. The van der Waals surface area contributed by atoms with Crippen LogP contribution in [0.4, 0.5) is 4.79 Å². The quantitative estimate of drug-likeness (QED) is 0.546. The van der Waals surface area contributed by atoms with Gasteiger partial charge in [-0.05, 0) is 0 Å². The highest BCUT2D eigenvalue weighted by Gasteiger charge is 2.31. The van der Waals surface area contributed by atoms with Crippen LogP contribution in [0.25, 0.3) is 0 Å². The van der Waals surface area contributed by atoms with Crippen LogP contribution in [0.2, 0.25) is 0 Å². The van der Waals surface area contributed by atoms with E-state index < -0.39 is 36.9 Å². The molecule has 4 amide bonds. The summed E-state index contributed by atoms with van der Waals surface area (Å²) in [5, 5.41) is 10.7. The van der Waals surface area contributed by atoms with Crippen LogP contribution in [0, 0.1) is 0 Å². The molecule has 8 heteroatoms. The lowest BCUT2D eigenvalue weighted by molar-refractivity contribution is -0.144. The molecule has 0 radical (unpaired) electrons. The fourth-order valence-electron chi connectivity index (χ4n) is 1.16. The number of urea groups is 1. The van der Waals surface area contributed by atoms with E-state index in [1.165, 1.54) is 7.05 Å². The molecule has 0 bridgehead atoms. The van der Waals surface area contributed by atoms with E-state index in [1.54, 1.807) is 0 Å². The number of likely N-dealkylation sites (N-methyl/N-ethyl adjacent to an activating group) is 1. The number of carboxylic acid groups (broad SMARTS) is 1. The van der Waals surface area contributed by atoms with E-state index in [1.807, 2.05) is 0 Å². The van der Waals surface area contributed by atoms with E-state index in [9.17, 15) is 19.2 Å². The number of amides is 4. The van der Waals surface area contributed by atoms with Crippen LogP contribution in [-0.2, 0) is 14.4 Å². The summed E-state index contributed by atoms with van der Waals surface area (Å²) in [7, 11) is 1.29. The molecule has 8 nitrogen and oxygen atoms in total. The molecule has 0 aromatic carbocycles. The van der Waals surface area contributed by atoms with Crippen LogP contribution in [0.5, 0.6) is 0 Å². The number of hydrogen-bond acceptors (Lipinski definition) is 4. The summed E-state index contributed by atoms with van der Waals surface area (Å²) in [4.78, 5) is 45.6. The Balaban J connectivity index is 2.53. The Kier molecular flexibility index (Phi) is 3.44. The average Bonchev–Trinajstić information content (AvgIpc) is 2.48. The van der Waals surface area contributed by atoms with Gasteiger partial charge in [-0.2, -0.15) is 0 Å². The van der Waals surface area contributed by atoms with Crippen LogP contribution in [-0.4, -0.2) is 65.4 Å². The van der Waals surface area contributed by atoms with Crippen molar-refractivity contribution in [1.82, 2.24) is 15.1 Å². The molecule has 1 aliphatic heterocycles. The fourth-order valence-corrected chi connectivity index (χ4v) is 1.16. The van der Waals surface area contributed by atoms with E-state index >= 15 is 0 Å². The number of nitrogens with zero attached hydrogens (tertiary/aromatic N) is 2. The minimum Gasteiger partial charge on any atom is -0.480 e. The van der Waals surface area contributed by atoms with Gasteiger partial charge in [0.05, 0.1) is 6.54 Å². The number of rotatable bonds is 4. The van der Waals surface area contributed by atoms with Gasteiger partial charge in [-0.15, -0.1) is 0 Å². The molecule has 0 aromatic heterocycles. The minimum atomic E-state index is -1.16. The first-order valence-corrected chi connectivity index (χ1v) is 4.45. The standard InChI is InChI=1S/C8H11N3O5/c1-10(4-7(14)15)6(13)3-11-5(12)2-9-8(11)16/h2-4H2,1H3,(H,9,16)(H,14,15). The molecule has 1 rings (SSSR count). The fraction of sp³-hybridized carbons (Fsp3) is 0.500. The van der Waals surface area contributed by atoms with E-state index in [0.29, 0.717) is 0 Å². The number of carbonyl (C=O) groups is 4. The molecule has 0 saturated carbocycles. The largest absolute Gasteiger partial charge is 0.480 e. The lowest BCUT2D eigenvalue weighted by Gasteiger charge is -2.18. The highest BCUT2D eigenvalue weighted by molar-refractivity contribution is 6.04. The van der Waals surface area contributed by atoms with Crippen LogP contribution >= 0.6 is 0 Å². The molecular formula is C8H11N3O5. The van der Waals surface area contributed by atoms with Crippen molar-refractivity contribution in [2.75, 3.05) is 26.7 Å². The summed E-state index contributed by atoms with van der Waals surface area (Å²) in [6.45, 7) is -1.04. The average molecular weight is 229 g/mol. The summed E-state index contributed by atoms with van der Waals surface area (Å²) >= 11 is 0. The molecule has 1 heterocycles. The first kappa shape index (κ1) is 12.0. The molecular weight excluding hydrogens is 218 g/mol. The SMILES string of the molecule is CN(CC(=O)O)C(=O)CN1C(=O)CNC1=O. The predicted molar refractivity (Wildman–Crippen MR) is 50.4 cm³/mol. The molecule has 0 unspecified atom stereocenters.